The van der Waals surface area contributed by atoms with Crippen molar-refractivity contribution in [2.24, 2.45) is 0 Å². The highest BCUT2D eigenvalue weighted by Gasteiger charge is 2.17. The molecule has 0 N–H and O–H groups in total. The van der Waals surface area contributed by atoms with Crippen molar-refractivity contribution in [2.75, 3.05) is 0 Å². The van der Waals surface area contributed by atoms with E-state index in [1.54, 1.807) is 0 Å². The number of hydrogen-bond acceptors (Lipinski definition) is 0. The lowest BCUT2D eigenvalue weighted by molar-refractivity contribution is 1.32. The molecule has 0 fully saturated rings. The molecule has 0 bridgehead atoms. The zero-order valence-corrected chi connectivity index (χ0v) is 20.8. The van der Waals surface area contributed by atoms with Gasteiger partial charge in [0, 0.05) is 5.30 Å². The van der Waals surface area contributed by atoms with Crippen molar-refractivity contribution in [1.29, 1.82) is 0 Å². The third-order valence-corrected chi connectivity index (χ3v) is 7.24. The van der Waals surface area contributed by atoms with Crippen LogP contribution >= 0.6 is 8.20 Å². The summed E-state index contributed by atoms with van der Waals surface area (Å²) in [7, 11) is 1.21. The first-order chi connectivity index (χ1) is 15.3. The summed E-state index contributed by atoms with van der Waals surface area (Å²) in [6, 6.07) is 26.7. The summed E-state index contributed by atoms with van der Waals surface area (Å²) in [6.45, 7) is 13.3. The van der Waals surface area contributed by atoms with E-state index in [9.17, 15) is 0 Å². The van der Waals surface area contributed by atoms with Gasteiger partial charge in [0.25, 0.3) is 0 Å². The first-order valence-corrected chi connectivity index (χ1v) is 12.2. The summed E-state index contributed by atoms with van der Waals surface area (Å²) in [5, 5.41) is 1.38. The van der Waals surface area contributed by atoms with Gasteiger partial charge >= 0.3 is 0 Å². The third-order valence-electron chi connectivity index (χ3n) is 6.07. The van der Waals surface area contributed by atoms with Crippen LogP contribution in [0.4, 0.5) is 0 Å². The maximum absolute atomic E-state index is 2.33. The number of benzene rings is 4. The van der Waals surface area contributed by atoms with Crippen LogP contribution < -0.4 is 5.30 Å². The molecular weight excluding hydrogens is 403 g/mol. The van der Waals surface area contributed by atoms with Crippen molar-refractivity contribution < 1.29 is 0 Å². The fourth-order valence-electron chi connectivity index (χ4n) is 4.97. The van der Waals surface area contributed by atoms with Crippen LogP contribution in [0.25, 0.3) is 22.3 Å². The molecule has 0 amide bonds. The lowest BCUT2D eigenvalue weighted by Gasteiger charge is -2.19. The predicted molar refractivity (Wildman–Crippen MR) is 144 cm³/mol. The number of rotatable bonds is 4. The molecule has 0 spiro atoms. The van der Waals surface area contributed by atoms with Gasteiger partial charge in [-0.05, 0) is 97.4 Å². The van der Waals surface area contributed by atoms with Gasteiger partial charge in [-0.15, -0.1) is 0 Å². The van der Waals surface area contributed by atoms with Gasteiger partial charge in [0.1, 0.15) is 0 Å². The molecule has 4 aromatic rings. The molecule has 0 saturated heterocycles. The van der Waals surface area contributed by atoms with Crippen LogP contribution in [0.15, 0.2) is 72.8 Å². The lowest BCUT2D eigenvalue weighted by Crippen LogP contribution is -2.07. The second kappa shape index (κ2) is 9.27. The molecule has 0 saturated carbocycles. The Kier molecular flexibility index (Phi) is 6.45. The van der Waals surface area contributed by atoms with Crippen LogP contribution in [0, 0.1) is 41.5 Å². The Bertz CT molecular complexity index is 1190. The summed E-state index contributed by atoms with van der Waals surface area (Å²) in [6.07, 6.45) is 0. The minimum atomic E-state index is 1.21. The monoisotopic (exact) mass is 434 g/mol. The van der Waals surface area contributed by atoms with Gasteiger partial charge < -0.3 is 0 Å². The minimum absolute atomic E-state index is 1.21. The van der Waals surface area contributed by atoms with E-state index in [-0.39, 0.29) is 0 Å². The Hall–Kier alpha value is -2.95. The van der Waals surface area contributed by atoms with E-state index in [0.717, 1.165) is 0 Å². The van der Waals surface area contributed by atoms with Crippen LogP contribution in [0.3, 0.4) is 0 Å². The zero-order chi connectivity index (χ0) is 22.8. The largest absolute Gasteiger partial charge is 0.0665 e. The molecule has 0 aromatic heterocycles. The quantitative estimate of drug-likeness (QED) is 0.283. The van der Waals surface area contributed by atoms with Crippen molar-refractivity contribution in [3.05, 3.63) is 112 Å². The SMILES string of the molecule is Cc1cc(C)c(-c2cccc(-c3c(C)cc(C)cc3C)c2P=Cc2ccccc2)c(C)c1. The van der Waals surface area contributed by atoms with Crippen LogP contribution in [0.1, 0.15) is 38.9 Å². The van der Waals surface area contributed by atoms with E-state index in [4.69, 9.17) is 0 Å². The lowest BCUT2D eigenvalue weighted by atomic mass is 9.89. The minimum Gasteiger partial charge on any atom is -0.0665 e. The summed E-state index contributed by atoms with van der Waals surface area (Å²) >= 11 is 0. The van der Waals surface area contributed by atoms with Gasteiger partial charge in [-0.1, -0.05) is 92.1 Å². The highest BCUT2D eigenvalue weighted by Crippen LogP contribution is 2.35. The molecule has 0 aliphatic rings. The van der Waals surface area contributed by atoms with Gasteiger partial charge in [0.05, 0.1) is 0 Å². The zero-order valence-electron chi connectivity index (χ0n) is 20.0. The first kappa shape index (κ1) is 22.3. The van der Waals surface area contributed by atoms with Crippen molar-refractivity contribution >= 4 is 19.3 Å². The van der Waals surface area contributed by atoms with Gasteiger partial charge in [-0.3, -0.25) is 0 Å². The van der Waals surface area contributed by atoms with Crippen LogP contribution in [0.5, 0.6) is 0 Å². The van der Waals surface area contributed by atoms with Crippen molar-refractivity contribution in [3.63, 3.8) is 0 Å². The van der Waals surface area contributed by atoms with Crippen molar-refractivity contribution in [1.82, 2.24) is 0 Å². The average Bonchev–Trinajstić information content (AvgIpc) is 2.72. The molecule has 4 rings (SSSR count). The van der Waals surface area contributed by atoms with E-state index in [1.165, 1.54) is 74.7 Å². The molecule has 0 nitrogen and oxygen atoms in total. The van der Waals surface area contributed by atoms with Crippen LogP contribution in [-0.4, -0.2) is 5.80 Å². The van der Waals surface area contributed by atoms with Crippen LogP contribution in [-0.2, 0) is 0 Å². The Morgan fingerprint density at radius 2 is 0.969 bits per heavy atom. The fourth-order valence-corrected chi connectivity index (χ4v) is 6.08. The topological polar surface area (TPSA) is 0 Å². The summed E-state index contributed by atoms with van der Waals surface area (Å²) in [5.41, 5.74) is 14.7. The number of hydrogen-bond donors (Lipinski definition) is 0. The molecule has 0 heterocycles. The Morgan fingerprint density at radius 1 is 0.531 bits per heavy atom. The second-order valence-electron chi connectivity index (χ2n) is 8.92. The smallest absolute Gasteiger partial charge is 0.0175 e. The van der Waals surface area contributed by atoms with Crippen molar-refractivity contribution in [3.8, 4) is 22.3 Å². The van der Waals surface area contributed by atoms with E-state index in [1.807, 2.05) is 0 Å². The van der Waals surface area contributed by atoms with Crippen molar-refractivity contribution in [2.45, 2.75) is 41.5 Å². The Labute approximate surface area is 194 Å². The first-order valence-electron chi connectivity index (χ1n) is 11.2. The average molecular weight is 435 g/mol. The molecular formula is C31H31P. The maximum atomic E-state index is 2.33. The molecule has 0 aliphatic carbocycles. The number of aryl methyl sites for hydroxylation is 6. The van der Waals surface area contributed by atoms with E-state index < -0.39 is 0 Å². The molecule has 0 aliphatic heterocycles. The highest BCUT2D eigenvalue weighted by molar-refractivity contribution is 7.48. The molecule has 32 heavy (non-hydrogen) atoms. The molecule has 0 unspecified atom stereocenters. The van der Waals surface area contributed by atoms with Gasteiger partial charge in [0.2, 0.25) is 0 Å². The fraction of sp³-hybridized carbons (Fsp3) is 0.194. The summed E-state index contributed by atoms with van der Waals surface area (Å²) < 4.78 is 0. The van der Waals surface area contributed by atoms with E-state index >= 15 is 0 Å². The predicted octanol–water partition coefficient (Wildman–Crippen LogP) is 8.29. The second-order valence-corrected chi connectivity index (χ2v) is 9.88. The van der Waals surface area contributed by atoms with E-state index in [2.05, 4.69) is 120 Å². The molecule has 1 heteroatoms. The molecule has 4 aromatic carbocycles. The summed E-state index contributed by atoms with van der Waals surface area (Å²) in [4.78, 5) is 0. The standard InChI is InChI=1S/C31H31P/c1-20-15-22(3)29(23(4)16-20)27-13-10-14-28(30-24(5)17-21(2)18-25(30)6)31(27)32-19-26-11-8-7-9-12-26/h7-19H,1-6H3. The van der Waals surface area contributed by atoms with Crippen LogP contribution in [0.2, 0.25) is 0 Å². The Balaban J connectivity index is 2.02. The highest BCUT2D eigenvalue weighted by atomic mass is 31.1. The normalized spacial score (nSPS) is 11.3. The Morgan fingerprint density at radius 3 is 1.41 bits per heavy atom. The molecule has 0 radical (unpaired) electrons. The maximum Gasteiger partial charge on any atom is 0.0175 e. The van der Waals surface area contributed by atoms with Gasteiger partial charge in [-0.25, -0.2) is 0 Å². The summed E-state index contributed by atoms with van der Waals surface area (Å²) in [5.74, 6) is 2.33. The third kappa shape index (κ3) is 4.47. The molecule has 160 valence electrons. The molecule has 0 atom stereocenters. The van der Waals surface area contributed by atoms with Gasteiger partial charge in [0.15, 0.2) is 0 Å². The van der Waals surface area contributed by atoms with E-state index in [0.29, 0.717) is 0 Å². The van der Waals surface area contributed by atoms with Gasteiger partial charge in [-0.2, -0.15) is 0 Å².